The molecular weight excluding hydrogens is 304 g/mol. The SMILES string of the molecule is CC1CN(C)CCCN1c1cc(Br)ccc1C(=N)N. The number of hydrogen-bond acceptors (Lipinski definition) is 3. The molecule has 2 rings (SSSR count). The minimum absolute atomic E-state index is 0.132. The number of hydrogen-bond donors (Lipinski definition) is 2. The fourth-order valence-corrected chi connectivity index (χ4v) is 3.05. The zero-order valence-corrected chi connectivity index (χ0v) is 13.1. The minimum Gasteiger partial charge on any atom is -0.384 e. The highest BCUT2D eigenvalue weighted by molar-refractivity contribution is 9.10. The standard InChI is InChI=1S/C14H21BrN4/c1-10-9-18(2)6-3-7-19(10)13-8-11(15)4-5-12(13)14(16)17/h4-5,8,10H,3,6-7,9H2,1-2H3,(H3,16,17). The van der Waals surface area contributed by atoms with E-state index in [2.05, 4.69) is 45.8 Å². The summed E-state index contributed by atoms with van der Waals surface area (Å²) in [5, 5.41) is 7.75. The molecule has 1 unspecified atom stereocenters. The molecule has 0 amide bonds. The second-order valence-electron chi connectivity index (χ2n) is 5.23. The molecule has 0 spiro atoms. The second-order valence-corrected chi connectivity index (χ2v) is 6.15. The molecule has 1 heterocycles. The van der Waals surface area contributed by atoms with Crippen LogP contribution in [0.4, 0.5) is 5.69 Å². The Labute approximate surface area is 123 Å². The number of nitrogens with zero attached hydrogens (tertiary/aromatic N) is 2. The van der Waals surface area contributed by atoms with Crippen molar-refractivity contribution in [3.63, 3.8) is 0 Å². The zero-order valence-electron chi connectivity index (χ0n) is 11.5. The summed E-state index contributed by atoms with van der Waals surface area (Å²) < 4.78 is 1.03. The number of anilines is 1. The van der Waals surface area contributed by atoms with Gasteiger partial charge in [-0.15, -0.1) is 0 Å². The molecule has 1 aliphatic rings. The van der Waals surface area contributed by atoms with E-state index < -0.39 is 0 Å². The summed E-state index contributed by atoms with van der Waals surface area (Å²) in [4.78, 5) is 4.72. The van der Waals surface area contributed by atoms with Crippen LogP contribution in [0.1, 0.15) is 18.9 Å². The molecule has 1 aliphatic heterocycles. The molecule has 104 valence electrons. The first-order valence-corrected chi connectivity index (χ1v) is 7.37. The number of benzene rings is 1. The molecule has 1 aromatic carbocycles. The van der Waals surface area contributed by atoms with Crippen molar-refractivity contribution in [2.24, 2.45) is 5.73 Å². The van der Waals surface area contributed by atoms with Crippen LogP contribution < -0.4 is 10.6 Å². The summed E-state index contributed by atoms with van der Waals surface area (Å²) in [5.41, 5.74) is 7.59. The molecule has 19 heavy (non-hydrogen) atoms. The predicted octanol–water partition coefficient (Wildman–Crippen LogP) is 2.26. The lowest BCUT2D eigenvalue weighted by molar-refractivity contribution is 0.337. The van der Waals surface area contributed by atoms with Gasteiger partial charge in [-0.05, 0) is 45.1 Å². The molecule has 0 aliphatic carbocycles. The van der Waals surface area contributed by atoms with Crippen molar-refractivity contribution in [2.45, 2.75) is 19.4 Å². The Morgan fingerprint density at radius 1 is 1.42 bits per heavy atom. The van der Waals surface area contributed by atoms with Crippen molar-refractivity contribution >= 4 is 27.5 Å². The number of nitrogen functional groups attached to an aromatic ring is 1. The molecule has 0 bridgehead atoms. The second kappa shape index (κ2) is 5.92. The highest BCUT2D eigenvalue weighted by Gasteiger charge is 2.22. The van der Waals surface area contributed by atoms with Crippen molar-refractivity contribution in [2.75, 3.05) is 31.6 Å². The summed E-state index contributed by atoms with van der Waals surface area (Å²) in [6.07, 6.45) is 1.13. The van der Waals surface area contributed by atoms with E-state index in [9.17, 15) is 0 Å². The van der Waals surface area contributed by atoms with Gasteiger partial charge in [-0.3, -0.25) is 5.41 Å². The largest absolute Gasteiger partial charge is 0.384 e. The lowest BCUT2D eigenvalue weighted by atomic mass is 10.1. The number of halogens is 1. The Hall–Kier alpha value is -1.07. The maximum Gasteiger partial charge on any atom is 0.124 e. The average Bonchev–Trinajstić information content (AvgIpc) is 2.49. The van der Waals surface area contributed by atoms with E-state index in [0.29, 0.717) is 6.04 Å². The third kappa shape index (κ3) is 3.28. The third-order valence-corrected chi connectivity index (χ3v) is 4.10. The van der Waals surface area contributed by atoms with Crippen LogP contribution in [0.5, 0.6) is 0 Å². The molecule has 5 heteroatoms. The minimum atomic E-state index is 0.132. The van der Waals surface area contributed by atoms with Crippen LogP contribution in [0.2, 0.25) is 0 Å². The molecular formula is C14H21BrN4. The quantitative estimate of drug-likeness (QED) is 0.648. The fourth-order valence-electron chi connectivity index (χ4n) is 2.70. The lowest BCUT2D eigenvalue weighted by Gasteiger charge is -2.31. The molecule has 1 aromatic rings. The van der Waals surface area contributed by atoms with Gasteiger partial charge < -0.3 is 15.5 Å². The molecule has 0 saturated carbocycles. The van der Waals surface area contributed by atoms with Gasteiger partial charge in [0.15, 0.2) is 0 Å². The number of amidine groups is 1. The third-order valence-electron chi connectivity index (χ3n) is 3.61. The van der Waals surface area contributed by atoms with Gasteiger partial charge in [-0.2, -0.15) is 0 Å². The van der Waals surface area contributed by atoms with Gasteiger partial charge >= 0.3 is 0 Å². The average molecular weight is 325 g/mol. The normalized spacial score (nSPS) is 21.2. The fraction of sp³-hybridized carbons (Fsp3) is 0.500. The molecule has 0 radical (unpaired) electrons. The van der Waals surface area contributed by atoms with Gasteiger partial charge in [0.05, 0.1) is 0 Å². The maximum atomic E-state index is 7.75. The Balaban J connectivity index is 2.38. The number of nitrogens with two attached hydrogens (primary N) is 1. The van der Waals surface area contributed by atoms with Crippen LogP contribution in [-0.4, -0.2) is 43.5 Å². The Bertz CT molecular complexity index is 475. The van der Waals surface area contributed by atoms with Crippen LogP contribution in [-0.2, 0) is 0 Å². The van der Waals surface area contributed by atoms with Crippen molar-refractivity contribution in [3.8, 4) is 0 Å². The molecule has 0 aromatic heterocycles. The van der Waals surface area contributed by atoms with Gasteiger partial charge in [0.25, 0.3) is 0 Å². The van der Waals surface area contributed by atoms with Crippen LogP contribution in [0.3, 0.4) is 0 Å². The predicted molar refractivity (Wildman–Crippen MR) is 84.1 cm³/mol. The van der Waals surface area contributed by atoms with Gasteiger partial charge in [0.1, 0.15) is 5.84 Å². The molecule has 1 saturated heterocycles. The van der Waals surface area contributed by atoms with E-state index in [1.54, 1.807) is 0 Å². The van der Waals surface area contributed by atoms with Gasteiger partial charge in [-0.25, -0.2) is 0 Å². The topological polar surface area (TPSA) is 56.4 Å². The number of likely N-dealkylation sites (N-methyl/N-ethyl adjacent to an activating group) is 1. The first-order valence-electron chi connectivity index (χ1n) is 6.58. The Morgan fingerprint density at radius 2 is 2.16 bits per heavy atom. The number of rotatable bonds is 2. The van der Waals surface area contributed by atoms with Gasteiger partial charge in [0, 0.05) is 34.9 Å². The van der Waals surface area contributed by atoms with E-state index in [4.69, 9.17) is 11.1 Å². The zero-order chi connectivity index (χ0) is 14.0. The molecule has 1 atom stereocenters. The first-order chi connectivity index (χ1) is 8.99. The monoisotopic (exact) mass is 324 g/mol. The lowest BCUT2D eigenvalue weighted by Crippen LogP contribution is -2.39. The van der Waals surface area contributed by atoms with Crippen molar-refractivity contribution in [3.05, 3.63) is 28.2 Å². The maximum absolute atomic E-state index is 7.75. The summed E-state index contributed by atoms with van der Waals surface area (Å²) in [5.74, 6) is 0.132. The van der Waals surface area contributed by atoms with Crippen LogP contribution >= 0.6 is 15.9 Å². The van der Waals surface area contributed by atoms with E-state index in [1.165, 1.54) is 0 Å². The summed E-state index contributed by atoms with van der Waals surface area (Å²) in [6, 6.07) is 6.34. The van der Waals surface area contributed by atoms with Crippen LogP contribution in [0.25, 0.3) is 0 Å². The van der Waals surface area contributed by atoms with Crippen LogP contribution in [0, 0.1) is 5.41 Å². The molecule has 4 nitrogen and oxygen atoms in total. The van der Waals surface area contributed by atoms with E-state index in [-0.39, 0.29) is 5.84 Å². The molecule has 1 fully saturated rings. The first kappa shape index (κ1) is 14.3. The van der Waals surface area contributed by atoms with Crippen molar-refractivity contribution in [1.82, 2.24) is 4.90 Å². The van der Waals surface area contributed by atoms with Gasteiger partial charge in [0.2, 0.25) is 0 Å². The summed E-state index contributed by atoms with van der Waals surface area (Å²) in [7, 11) is 2.16. The van der Waals surface area contributed by atoms with Crippen molar-refractivity contribution in [1.29, 1.82) is 5.41 Å². The van der Waals surface area contributed by atoms with E-state index >= 15 is 0 Å². The number of nitrogens with one attached hydrogen (secondary N) is 1. The van der Waals surface area contributed by atoms with E-state index in [1.807, 2.05) is 12.1 Å². The van der Waals surface area contributed by atoms with Crippen molar-refractivity contribution < 1.29 is 0 Å². The highest BCUT2D eigenvalue weighted by atomic mass is 79.9. The van der Waals surface area contributed by atoms with E-state index in [0.717, 1.165) is 41.8 Å². The highest BCUT2D eigenvalue weighted by Crippen LogP contribution is 2.28. The summed E-state index contributed by atoms with van der Waals surface area (Å²) >= 11 is 3.51. The summed E-state index contributed by atoms with van der Waals surface area (Å²) in [6.45, 7) is 5.38. The Kier molecular flexibility index (Phi) is 4.47. The van der Waals surface area contributed by atoms with Gasteiger partial charge in [-0.1, -0.05) is 15.9 Å². The Morgan fingerprint density at radius 3 is 2.84 bits per heavy atom. The smallest absolute Gasteiger partial charge is 0.124 e. The molecule has 3 N–H and O–H groups in total. The van der Waals surface area contributed by atoms with Crippen LogP contribution in [0.15, 0.2) is 22.7 Å².